The molecule has 1 aliphatic carbocycles. The topological polar surface area (TPSA) is 60.0 Å². The zero-order chi connectivity index (χ0) is 13.2. The van der Waals surface area contributed by atoms with Gasteiger partial charge in [0.05, 0.1) is 6.54 Å². The standard InChI is InChI=1S/C14H25N5/c1-2-3-11-4-5-12(15)13(8-11)18-6-7-19-10-16-17-14(19)9-18/h10-13H,2-9,15H2,1H3. The molecule has 0 bridgehead atoms. The maximum Gasteiger partial charge on any atom is 0.147 e. The van der Waals surface area contributed by atoms with E-state index in [0.717, 1.165) is 31.4 Å². The molecule has 0 amide bonds. The van der Waals surface area contributed by atoms with Crippen LogP contribution in [0.15, 0.2) is 6.33 Å². The Balaban J connectivity index is 1.67. The predicted molar refractivity (Wildman–Crippen MR) is 74.4 cm³/mol. The Morgan fingerprint density at radius 3 is 3.11 bits per heavy atom. The molecule has 1 aromatic rings. The maximum atomic E-state index is 6.38. The summed E-state index contributed by atoms with van der Waals surface area (Å²) in [6, 6.07) is 0.873. The summed E-state index contributed by atoms with van der Waals surface area (Å²) in [5.74, 6) is 1.96. The van der Waals surface area contributed by atoms with Gasteiger partial charge in [0.1, 0.15) is 12.2 Å². The number of nitrogens with two attached hydrogens (primary N) is 1. The summed E-state index contributed by atoms with van der Waals surface area (Å²) < 4.78 is 2.16. The predicted octanol–water partition coefficient (Wildman–Crippen LogP) is 1.39. The highest BCUT2D eigenvalue weighted by molar-refractivity contribution is 4.96. The van der Waals surface area contributed by atoms with Gasteiger partial charge in [-0.15, -0.1) is 10.2 Å². The van der Waals surface area contributed by atoms with Crippen LogP contribution in [0, 0.1) is 5.92 Å². The minimum absolute atomic E-state index is 0.336. The molecule has 0 saturated heterocycles. The summed E-state index contributed by atoms with van der Waals surface area (Å²) >= 11 is 0. The Hall–Kier alpha value is -0.940. The van der Waals surface area contributed by atoms with Crippen LogP contribution in [-0.2, 0) is 13.1 Å². The van der Waals surface area contributed by atoms with Crippen LogP contribution in [0.1, 0.15) is 44.9 Å². The van der Waals surface area contributed by atoms with Gasteiger partial charge in [-0.1, -0.05) is 19.8 Å². The van der Waals surface area contributed by atoms with Crippen molar-refractivity contribution in [2.45, 2.75) is 64.2 Å². The van der Waals surface area contributed by atoms with E-state index in [-0.39, 0.29) is 0 Å². The van der Waals surface area contributed by atoms with E-state index < -0.39 is 0 Å². The molecule has 106 valence electrons. The fourth-order valence-corrected chi connectivity index (χ4v) is 3.71. The molecule has 1 fully saturated rings. The molecule has 2 aliphatic rings. The van der Waals surface area contributed by atoms with Gasteiger partial charge in [-0.2, -0.15) is 0 Å². The van der Waals surface area contributed by atoms with Crippen LogP contribution in [0.4, 0.5) is 0 Å². The zero-order valence-electron chi connectivity index (χ0n) is 11.8. The molecule has 3 atom stereocenters. The average Bonchev–Trinajstić information content (AvgIpc) is 2.88. The van der Waals surface area contributed by atoms with Crippen molar-refractivity contribution in [2.75, 3.05) is 6.54 Å². The number of hydrogen-bond donors (Lipinski definition) is 1. The molecule has 3 unspecified atom stereocenters. The molecule has 1 aliphatic heterocycles. The lowest BCUT2D eigenvalue weighted by atomic mass is 9.79. The Morgan fingerprint density at radius 2 is 2.26 bits per heavy atom. The van der Waals surface area contributed by atoms with Crippen LogP contribution in [0.25, 0.3) is 0 Å². The van der Waals surface area contributed by atoms with Crippen molar-refractivity contribution < 1.29 is 0 Å². The third-order valence-electron chi connectivity index (χ3n) is 4.81. The molecule has 2 heterocycles. The molecule has 1 aromatic heterocycles. The summed E-state index contributed by atoms with van der Waals surface area (Å²) in [6.07, 6.45) is 8.25. The zero-order valence-corrected chi connectivity index (χ0v) is 11.8. The lowest BCUT2D eigenvalue weighted by molar-refractivity contribution is 0.0826. The van der Waals surface area contributed by atoms with Crippen molar-refractivity contribution in [3.05, 3.63) is 12.2 Å². The molecule has 0 aromatic carbocycles. The number of rotatable bonds is 3. The molecule has 0 spiro atoms. The molecule has 1 saturated carbocycles. The van der Waals surface area contributed by atoms with E-state index in [0.29, 0.717) is 12.1 Å². The first-order valence-electron chi connectivity index (χ1n) is 7.64. The van der Waals surface area contributed by atoms with Gasteiger partial charge in [0.15, 0.2) is 0 Å². The van der Waals surface area contributed by atoms with Gasteiger partial charge in [0, 0.05) is 25.2 Å². The second-order valence-corrected chi connectivity index (χ2v) is 6.11. The summed E-state index contributed by atoms with van der Waals surface area (Å²) in [5.41, 5.74) is 6.38. The van der Waals surface area contributed by atoms with E-state index in [1.165, 1.54) is 32.1 Å². The largest absolute Gasteiger partial charge is 0.326 e. The number of hydrogen-bond acceptors (Lipinski definition) is 4. The molecular weight excluding hydrogens is 238 g/mol. The fraction of sp³-hybridized carbons (Fsp3) is 0.857. The molecule has 5 nitrogen and oxygen atoms in total. The first-order chi connectivity index (χ1) is 9.28. The van der Waals surface area contributed by atoms with Crippen molar-refractivity contribution in [3.8, 4) is 0 Å². The molecule has 5 heteroatoms. The molecule has 0 radical (unpaired) electrons. The number of aromatic nitrogens is 3. The third kappa shape index (κ3) is 2.67. The number of nitrogens with zero attached hydrogens (tertiary/aromatic N) is 4. The lowest BCUT2D eigenvalue weighted by Crippen LogP contribution is -2.53. The minimum atomic E-state index is 0.336. The highest BCUT2D eigenvalue weighted by atomic mass is 15.3. The quantitative estimate of drug-likeness (QED) is 0.895. The molecular formula is C14H25N5. The smallest absolute Gasteiger partial charge is 0.147 e. The highest BCUT2D eigenvalue weighted by Gasteiger charge is 2.33. The molecule has 19 heavy (non-hydrogen) atoms. The Kier molecular flexibility index (Phi) is 3.84. The normalized spacial score (nSPS) is 32.2. The van der Waals surface area contributed by atoms with E-state index in [4.69, 9.17) is 5.73 Å². The molecule has 2 N–H and O–H groups in total. The summed E-state index contributed by atoms with van der Waals surface area (Å²) in [7, 11) is 0. The van der Waals surface area contributed by atoms with Crippen LogP contribution in [0.5, 0.6) is 0 Å². The summed E-state index contributed by atoms with van der Waals surface area (Å²) in [4.78, 5) is 2.54. The van der Waals surface area contributed by atoms with E-state index in [1.807, 2.05) is 6.33 Å². The van der Waals surface area contributed by atoms with Gasteiger partial charge >= 0.3 is 0 Å². The van der Waals surface area contributed by atoms with Gasteiger partial charge in [0.25, 0.3) is 0 Å². The van der Waals surface area contributed by atoms with Gasteiger partial charge in [-0.3, -0.25) is 4.90 Å². The fourth-order valence-electron chi connectivity index (χ4n) is 3.71. The van der Waals surface area contributed by atoms with E-state index in [1.54, 1.807) is 0 Å². The van der Waals surface area contributed by atoms with Crippen LogP contribution in [0.2, 0.25) is 0 Å². The second-order valence-electron chi connectivity index (χ2n) is 6.11. The second kappa shape index (κ2) is 5.59. The Bertz CT molecular complexity index is 416. The van der Waals surface area contributed by atoms with E-state index in [9.17, 15) is 0 Å². The first kappa shape index (κ1) is 13.1. The highest BCUT2D eigenvalue weighted by Crippen LogP contribution is 2.31. The number of fused-ring (bicyclic) bond motifs is 1. The summed E-state index contributed by atoms with van der Waals surface area (Å²) in [5, 5.41) is 8.21. The third-order valence-corrected chi connectivity index (χ3v) is 4.81. The van der Waals surface area contributed by atoms with Crippen LogP contribution in [0.3, 0.4) is 0 Å². The first-order valence-corrected chi connectivity index (χ1v) is 7.64. The van der Waals surface area contributed by atoms with Crippen LogP contribution in [-0.4, -0.2) is 38.3 Å². The minimum Gasteiger partial charge on any atom is -0.326 e. The monoisotopic (exact) mass is 263 g/mol. The van der Waals surface area contributed by atoms with Crippen molar-refractivity contribution >= 4 is 0 Å². The Morgan fingerprint density at radius 1 is 1.37 bits per heavy atom. The van der Waals surface area contributed by atoms with Gasteiger partial charge in [-0.05, 0) is 25.2 Å². The van der Waals surface area contributed by atoms with Gasteiger partial charge < -0.3 is 10.3 Å². The maximum absolute atomic E-state index is 6.38. The average molecular weight is 263 g/mol. The lowest BCUT2D eigenvalue weighted by Gasteiger charge is -2.42. The SMILES string of the molecule is CCCC1CCC(N)C(N2CCn3cnnc3C2)C1. The van der Waals surface area contributed by atoms with Crippen molar-refractivity contribution in [1.29, 1.82) is 0 Å². The summed E-state index contributed by atoms with van der Waals surface area (Å²) in [6.45, 7) is 5.29. The van der Waals surface area contributed by atoms with Crippen molar-refractivity contribution in [3.63, 3.8) is 0 Å². The van der Waals surface area contributed by atoms with E-state index in [2.05, 4.69) is 26.6 Å². The van der Waals surface area contributed by atoms with Crippen LogP contribution < -0.4 is 5.73 Å². The van der Waals surface area contributed by atoms with Crippen LogP contribution >= 0.6 is 0 Å². The van der Waals surface area contributed by atoms with Crippen molar-refractivity contribution in [1.82, 2.24) is 19.7 Å². The van der Waals surface area contributed by atoms with Gasteiger partial charge in [-0.25, -0.2) is 0 Å². The molecule has 3 rings (SSSR count). The van der Waals surface area contributed by atoms with Crippen molar-refractivity contribution in [2.24, 2.45) is 11.7 Å². The Labute approximate surface area is 115 Å². The van der Waals surface area contributed by atoms with E-state index >= 15 is 0 Å². The van der Waals surface area contributed by atoms with Gasteiger partial charge in [0.2, 0.25) is 0 Å².